The molecule has 0 spiro atoms. The molecule has 30 heavy (non-hydrogen) atoms. The van der Waals surface area contributed by atoms with E-state index in [-0.39, 0.29) is 25.3 Å². The predicted octanol–water partition coefficient (Wildman–Crippen LogP) is 2.57. The quantitative estimate of drug-likeness (QED) is 0.594. The van der Waals surface area contributed by atoms with Gasteiger partial charge in [-0.2, -0.15) is 5.10 Å². The van der Waals surface area contributed by atoms with Gasteiger partial charge in [0.2, 0.25) is 5.91 Å². The van der Waals surface area contributed by atoms with Crippen LogP contribution < -0.4 is 5.73 Å². The largest absolute Gasteiger partial charge is 0.368 e. The molecule has 1 aromatic carbocycles. The number of fused-ring (bicyclic) bond motifs is 1. The van der Waals surface area contributed by atoms with Crippen LogP contribution >= 0.6 is 15.9 Å². The summed E-state index contributed by atoms with van der Waals surface area (Å²) in [6.45, 7) is 5.78. The van der Waals surface area contributed by atoms with Crippen LogP contribution in [0.4, 0.5) is 0 Å². The molecule has 2 heterocycles. The molecule has 3 rings (SSSR count). The molecule has 0 fully saturated rings. The average Bonchev–Trinajstić information content (AvgIpc) is 3.13. The zero-order valence-electron chi connectivity index (χ0n) is 17.6. The predicted molar refractivity (Wildman–Crippen MR) is 115 cm³/mol. The van der Waals surface area contributed by atoms with Gasteiger partial charge in [-0.15, -0.1) is 0 Å². The van der Waals surface area contributed by atoms with Crippen LogP contribution in [0.5, 0.6) is 0 Å². The van der Waals surface area contributed by atoms with Crippen molar-refractivity contribution in [1.82, 2.24) is 14.7 Å². The molecule has 162 valence electrons. The van der Waals surface area contributed by atoms with Crippen LogP contribution in [0, 0.1) is 0 Å². The van der Waals surface area contributed by atoms with Gasteiger partial charge in [0.25, 0.3) is 5.91 Å². The molecule has 3 N–H and O–H groups in total. The second-order valence-corrected chi connectivity index (χ2v) is 9.21. The number of rotatable bonds is 7. The number of nitrogens with zero attached hydrogens (tertiary/aromatic N) is 3. The van der Waals surface area contributed by atoms with Crippen LogP contribution in [-0.2, 0) is 23.1 Å². The van der Waals surface area contributed by atoms with E-state index < -0.39 is 23.8 Å². The lowest BCUT2D eigenvalue weighted by molar-refractivity contribution is -0.170. The molecule has 0 aliphatic carbocycles. The Bertz CT molecular complexity index is 966. The number of ether oxygens (including phenoxy) is 1. The van der Waals surface area contributed by atoms with E-state index in [0.717, 1.165) is 21.3 Å². The van der Waals surface area contributed by atoms with Gasteiger partial charge < -0.3 is 20.5 Å². The number of carbonyl (C=O) groups is 2. The van der Waals surface area contributed by atoms with Crippen molar-refractivity contribution in [3.63, 3.8) is 0 Å². The minimum Gasteiger partial charge on any atom is -0.368 e. The summed E-state index contributed by atoms with van der Waals surface area (Å²) in [7, 11) is 1.83. The lowest BCUT2D eigenvalue weighted by Crippen LogP contribution is -2.45. The summed E-state index contributed by atoms with van der Waals surface area (Å²) in [5.41, 5.74) is 8.30. The normalized spacial score (nSPS) is 15.9. The zero-order chi connectivity index (χ0) is 22.2. The Kier molecular flexibility index (Phi) is 6.35. The smallest absolute Gasteiger partial charge is 0.255 e. The van der Waals surface area contributed by atoms with E-state index >= 15 is 0 Å². The summed E-state index contributed by atoms with van der Waals surface area (Å²) >= 11 is 3.51. The molecule has 1 aromatic heterocycles. The third-order valence-electron chi connectivity index (χ3n) is 5.00. The van der Waals surface area contributed by atoms with Crippen molar-refractivity contribution in [2.75, 3.05) is 0 Å². The van der Waals surface area contributed by atoms with Crippen molar-refractivity contribution in [2.24, 2.45) is 12.8 Å². The topological polar surface area (TPSA) is 111 Å². The Labute approximate surface area is 184 Å². The molecular formula is C21H27BrN4O4. The SMILES string of the molecule is Cn1ncc(-c2ccc3c(c2)CN(C(CCC(O)OC(C)(C)C)C(N)=O)C3=O)c1Br. The number of halogens is 1. The van der Waals surface area contributed by atoms with Crippen molar-refractivity contribution < 1.29 is 19.4 Å². The van der Waals surface area contributed by atoms with Crippen molar-refractivity contribution >= 4 is 27.7 Å². The molecule has 9 heteroatoms. The summed E-state index contributed by atoms with van der Waals surface area (Å²) in [6, 6.07) is 4.74. The number of aliphatic hydroxyl groups excluding tert-OH is 1. The first kappa shape index (κ1) is 22.5. The molecule has 2 aromatic rings. The van der Waals surface area contributed by atoms with Gasteiger partial charge in [0.05, 0.1) is 11.8 Å². The zero-order valence-corrected chi connectivity index (χ0v) is 19.1. The van der Waals surface area contributed by atoms with E-state index in [1.165, 1.54) is 4.90 Å². The maximum Gasteiger partial charge on any atom is 0.255 e. The van der Waals surface area contributed by atoms with E-state index in [9.17, 15) is 14.7 Å². The molecule has 2 amide bonds. The van der Waals surface area contributed by atoms with E-state index in [0.29, 0.717) is 5.56 Å². The van der Waals surface area contributed by atoms with Gasteiger partial charge in [-0.1, -0.05) is 6.07 Å². The van der Waals surface area contributed by atoms with Gasteiger partial charge in [-0.05, 0) is 66.4 Å². The fourth-order valence-corrected chi connectivity index (χ4v) is 4.02. The van der Waals surface area contributed by atoms with Gasteiger partial charge >= 0.3 is 0 Å². The van der Waals surface area contributed by atoms with E-state index in [1.807, 2.05) is 40.0 Å². The summed E-state index contributed by atoms with van der Waals surface area (Å²) in [6.07, 6.45) is 1.12. The van der Waals surface area contributed by atoms with Crippen molar-refractivity contribution in [2.45, 2.75) is 58.1 Å². The fraction of sp³-hybridized carbons (Fsp3) is 0.476. The fourth-order valence-electron chi connectivity index (χ4n) is 3.60. The molecule has 0 radical (unpaired) electrons. The second-order valence-electron chi connectivity index (χ2n) is 8.46. The minimum atomic E-state index is -1.04. The number of primary amides is 1. The number of amides is 2. The van der Waals surface area contributed by atoms with Crippen molar-refractivity contribution in [1.29, 1.82) is 0 Å². The highest BCUT2D eigenvalue weighted by Crippen LogP contribution is 2.33. The first-order valence-electron chi connectivity index (χ1n) is 9.75. The van der Waals surface area contributed by atoms with Gasteiger partial charge in [-0.25, -0.2) is 0 Å². The highest BCUT2D eigenvalue weighted by molar-refractivity contribution is 9.10. The number of benzene rings is 1. The second kappa shape index (κ2) is 8.49. The Morgan fingerprint density at radius 3 is 2.60 bits per heavy atom. The molecule has 2 unspecified atom stereocenters. The number of aromatic nitrogens is 2. The Hall–Kier alpha value is -2.23. The van der Waals surface area contributed by atoms with Gasteiger partial charge in [0, 0.05) is 31.1 Å². The number of hydrogen-bond acceptors (Lipinski definition) is 5. The van der Waals surface area contributed by atoms with Crippen LogP contribution in [0.25, 0.3) is 11.1 Å². The first-order chi connectivity index (χ1) is 14.0. The van der Waals surface area contributed by atoms with Crippen LogP contribution in [0.3, 0.4) is 0 Å². The van der Waals surface area contributed by atoms with Gasteiger partial charge in [0.15, 0.2) is 6.29 Å². The number of hydrogen-bond donors (Lipinski definition) is 2. The lowest BCUT2D eigenvalue weighted by Gasteiger charge is -2.28. The lowest BCUT2D eigenvalue weighted by atomic mass is 10.0. The highest BCUT2D eigenvalue weighted by atomic mass is 79.9. The van der Waals surface area contributed by atoms with Crippen molar-refractivity contribution in [3.8, 4) is 11.1 Å². The Morgan fingerprint density at radius 2 is 2.03 bits per heavy atom. The molecule has 1 aliphatic rings. The monoisotopic (exact) mass is 478 g/mol. The number of carbonyl (C=O) groups excluding carboxylic acids is 2. The molecule has 0 saturated heterocycles. The standard InChI is InChI=1S/C21H27BrN4O4/c1-21(2,3)30-17(27)8-7-16(19(23)28)26-11-13-9-12(5-6-14(13)20(26)29)15-10-24-25(4)18(15)22/h5-6,9-10,16-17,27H,7-8,11H2,1-4H3,(H2,23,28). The van der Waals surface area contributed by atoms with Crippen LogP contribution in [0.1, 0.15) is 49.5 Å². The van der Waals surface area contributed by atoms with Crippen LogP contribution in [0.2, 0.25) is 0 Å². The van der Waals surface area contributed by atoms with E-state index in [1.54, 1.807) is 16.9 Å². The number of nitrogens with two attached hydrogens (primary N) is 1. The third-order valence-corrected chi connectivity index (χ3v) is 5.94. The average molecular weight is 479 g/mol. The maximum absolute atomic E-state index is 12.9. The molecule has 2 atom stereocenters. The van der Waals surface area contributed by atoms with Crippen molar-refractivity contribution in [3.05, 3.63) is 40.1 Å². The number of aliphatic hydroxyl groups is 1. The summed E-state index contributed by atoms with van der Waals surface area (Å²) < 4.78 is 8.04. The third kappa shape index (κ3) is 4.74. The molecular weight excluding hydrogens is 452 g/mol. The maximum atomic E-state index is 12.9. The summed E-state index contributed by atoms with van der Waals surface area (Å²) in [4.78, 5) is 26.5. The van der Waals surface area contributed by atoms with Gasteiger partial charge in [0.1, 0.15) is 10.6 Å². The van der Waals surface area contributed by atoms with E-state index in [4.69, 9.17) is 10.5 Å². The Balaban J connectivity index is 1.77. The summed E-state index contributed by atoms with van der Waals surface area (Å²) in [5, 5.41) is 14.3. The minimum absolute atomic E-state index is 0.193. The molecule has 1 aliphatic heterocycles. The first-order valence-corrected chi connectivity index (χ1v) is 10.5. The Morgan fingerprint density at radius 1 is 1.33 bits per heavy atom. The van der Waals surface area contributed by atoms with Crippen LogP contribution in [0.15, 0.2) is 29.0 Å². The highest BCUT2D eigenvalue weighted by Gasteiger charge is 2.36. The molecule has 0 saturated carbocycles. The molecule has 8 nitrogen and oxygen atoms in total. The van der Waals surface area contributed by atoms with Gasteiger partial charge in [-0.3, -0.25) is 14.3 Å². The summed E-state index contributed by atoms with van der Waals surface area (Å²) in [5.74, 6) is -0.842. The number of aryl methyl sites for hydroxylation is 1. The van der Waals surface area contributed by atoms with E-state index in [2.05, 4.69) is 21.0 Å². The molecule has 0 bridgehead atoms. The van der Waals surface area contributed by atoms with Crippen LogP contribution in [-0.4, -0.2) is 49.5 Å².